The van der Waals surface area contributed by atoms with Crippen LogP contribution in [-0.4, -0.2) is 57.3 Å². The van der Waals surface area contributed by atoms with Gasteiger partial charge in [-0.3, -0.25) is 0 Å². The molecule has 0 bridgehead atoms. The fraction of sp³-hybridized carbons (Fsp3) is 0.600. The molecule has 0 unspecified atom stereocenters. The number of aliphatic hydroxyl groups is 3. The fourth-order valence-electron chi connectivity index (χ4n) is 1.50. The molecule has 0 radical (unpaired) electrons. The summed E-state index contributed by atoms with van der Waals surface area (Å²) in [4.78, 5) is 21.5. The third kappa shape index (κ3) is 4.14. The van der Waals surface area contributed by atoms with E-state index in [0.717, 1.165) is 0 Å². The molecule has 5 N–H and O–H groups in total. The van der Waals surface area contributed by atoms with Crippen LogP contribution in [0.3, 0.4) is 0 Å². The molecule has 0 atom stereocenters. The number of carboxylic acids is 2. The van der Waals surface area contributed by atoms with Gasteiger partial charge in [0.1, 0.15) is 0 Å². The van der Waals surface area contributed by atoms with Gasteiger partial charge in [0.2, 0.25) is 0 Å². The van der Waals surface area contributed by atoms with Crippen molar-refractivity contribution in [2.75, 3.05) is 19.8 Å². The van der Waals surface area contributed by atoms with Gasteiger partial charge in [0.25, 0.3) is 0 Å². The standard InChI is InChI=1S/C10H16O7/c11-3-1-2-10(5-12,6-13)7(9(16)17)4-8(14)15/h4,11-13H,1-3,5-6H2,(H,14,15)(H,16,17). The van der Waals surface area contributed by atoms with E-state index in [1.807, 2.05) is 0 Å². The second-order valence-corrected chi connectivity index (χ2v) is 3.63. The van der Waals surface area contributed by atoms with E-state index in [2.05, 4.69) is 0 Å². The van der Waals surface area contributed by atoms with Crippen molar-refractivity contribution < 1.29 is 35.1 Å². The quantitative estimate of drug-likeness (QED) is 0.341. The van der Waals surface area contributed by atoms with Gasteiger partial charge in [0.15, 0.2) is 0 Å². The van der Waals surface area contributed by atoms with Gasteiger partial charge in [-0.1, -0.05) is 0 Å². The third-order valence-electron chi connectivity index (χ3n) is 2.49. The minimum absolute atomic E-state index is 0.0259. The van der Waals surface area contributed by atoms with Crippen molar-refractivity contribution in [1.82, 2.24) is 0 Å². The molecule has 0 heterocycles. The van der Waals surface area contributed by atoms with E-state index < -0.39 is 36.1 Å². The van der Waals surface area contributed by atoms with E-state index in [1.54, 1.807) is 0 Å². The monoisotopic (exact) mass is 248 g/mol. The first kappa shape index (κ1) is 15.6. The van der Waals surface area contributed by atoms with Crippen LogP contribution in [0.5, 0.6) is 0 Å². The first-order valence-corrected chi connectivity index (χ1v) is 4.94. The molecule has 0 saturated heterocycles. The zero-order valence-corrected chi connectivity index (χ0v) is 9.17. The molecule has 0 aliphatic rings. The molecule has 7 heteroatoms. The Bertz CT molecular complexity index is 304. The molecule has 0 aliphatic carbocycles. The number of hydrogen-bond donors (Lipinski definition) is 5. The smallest absolute Gasteiger partial charge is 0.332 e. The van der Waals surface area contributed by atoms with Crippen molar-refractivity contribution in [2.24, 2.45) is 5.41 Å². The minimum Gasteiger partial charge on any atom is -0.478 e. The van der Waals surface area contributed by atoms with Gasteiger partial charge >= 0.3 is 11.9 Å². The van der Waals surface area contributed by atoms with Gasteiger partial charge in [-0.15, -0.1) is 0 Å². The second-order valence-electron chi connectivity index (χ2n) is 3.63. The molecule has 0 rings (SSSR count). The maximum atomic E-state index is 10.9. The molecule has 0 aromatic heterocycles. The summed E-state index contributed by atoms with van der Waals surface area (Å²) in [7, 11) is 0. The van der Waals surface area contributed by atoms with Gasteiger partial charge in [-0.25, -0.2) is 9.59 Å². The number of aliphatic hydroxyl groups excluding tert-OH is 3. The van der Waals surface area contributed by atoms with E-state index in [1.165, 1.54) is 0 Å². The summed E-state index contributed by atoms with van der Waals surface area (Å²) in [6.07, 6.45) is 0.569. The van der Waals surface area contributed by atoms with E-state index in [9.17, 15) is 19.8 Å². The topological polar surface area (TPSA) is 135 Å². The molecular formula is C10H16O7. The summed E-state index contributed by atoms with van der Waals surface area (Å²) in [6, 6.07) is 0. The number of carboxylic acid groups (broad SMARTS) is 2. The Morgan fingerprint density at radius 1 is 1.06 bits per heavy atom. The van der Waals surface area contributed by atoms with Crippen LogP contribution in [0.2, 0.25) is 0 Å². The van der Waals surface area contributed by atoms with E-state index in [-0.39, 0.29) is 19.4 Å². The summed E-state index contributed by atoms with van der Waals surface area (Å²) < 4.78 is 0. The van der Waals surface area contributed by atoms with Crippen molar-refractivity contribution in [1.29, 1.82) is 0 Å². The molecule has 0 amide bonds. The molecule has 17 heavy (non-hydrogen) atoms. The Hall–Kier alpha value is -1.44. The summed E-state index contributed by atoms with van der Waals surface area (Å²) in [6.45, 7) is -1.68. The van der Waals surface area contributed by atoms with Crippen LogP contribution < -0.4 is 0 Å². The second kappa shape index (κ2) is 7.00. The largest absolute Gasteiger partial charge is 0.478 e. The predicted octanol–water partition coefficient (Wildman–Crippen LogP) is -1.17. The summed E-state index contributed by atoms with van der Waals surface area (Å²) in [5.41, 5.74) is -2.14. The van der Waals surface area contributed by atoms with Crippen molar-refractivity contribution in [3.8, 4) is 0 Å². The molecule has 7 nitrogen and oxygen atoms in total. The normalized spacial score (nSPS) is 12.5. The average Bonchev–Trinajstić information content (AvgIpc) is 2.28. The van der Waals surface area contributed by atoms with E-state index in [0.29, 0.717) is 6.08 Å². The molecule has 98 valence electrons. The lowest BCUT2D eigenvalue weighted by Gasteiger charge is -2.30. The molecule has 0 aromatic carbocycles. The highest BCUT2D eigenvalue weighted by atomic mass is 16.4. The first-order valence-electron chi connectivity index (χ1n) is 4.94. The summed E-state index contributed by atoms with van der Waals surface area (Å²) in [5, 5.41) is 44.5. The third-order valence-corrected chi connectivity index (χ3v) is 2.49. The van der Waals surface area contributed by atoms with Gasteiger partial charge in [0, 0.05) is 18.1 Å². The molecule has 0 aliphatic heterocycles. The van der Waals surface area contributed by atoms with Gasteiger partial charge < -0.3 is 25.5 Å². The summed E-state index contributed by atoms with van der Waals surface area (Å²) >= 11 is 0. The van der Waals surface area contributed by atoms with Crippen LogP contribution in [0, 0.1) is 5.41 Å². The van der Waals surface area contributed by atoms with Crippen LogP contribution in [0.15, 0.2) is 11.6 Å². The minimum atomic E-state index is -1.56. The van der Waals surface area contributed by atoms with Crippen molar-refractivity contribution in [3.05, 3.63) is 11.6 Å². The predicted molar refractivity (Wildman–Crippen MR) is 56.3 cm³/mol. The Morgan fingerprint density at radius 2 is 1.59 bits per heavy atom. The Morgan fingerprint density at radius 3 is 1.88 bits per heavy atom. The lowest BCUT2D eigenvalue weighted by atomic mass is 9.77. The Labute approximate surface area is 97.6 Å². The molecule has 0 aromatic rings. The zero-order valence-electron chi connectivity index (χ0n) is 9.17. The lowest BCUT2D eigenvalue weighted by molar-refractivity contribution is -0.137. The lowest BCUT2D eigenvalue weighted by Crippen LogP contribution is -2.36. The SMILES string of the molecule is O=C(O)C=C(C(=O)O)C(CO)(CO)CCCO. The highest BCUT2D eigenvalue weighted by molar-refractivity contribution is 5.95. The van der Waals surface area contributed by atoms with Crippen molar-refractivity contribution >= 4 is 11.9 Å². The van der Waals surface area contributed by atoms with Crippen LogP contribution in [-0.2, 0) is 9.59 Å². The highest BCUT2D eigenvalue weighted by Crippen LogP contribution is 2.32. The van der Waals surface area contributed by atoms with Gasteiger partial charge in [-0.05, 0) is 12.8 Å². The fourth-order valence-corrected chi connectivity index (χ4v) is 1.50. The maximum Gasteiger partial charge on any atom is 0.332 e. The van der Waals surface area contributed by atoms with E-state index in [4.69, 9.17) is 15.3 Å². The van der Waals surface area contributed by atoms with Crippen LogP contribution in [0.25, 0.3) is 0 Å². The van der Waals surface area contributed by atoms with Crippen molar-refractivity contribution in [2.45, 2.75) is 12.8 Å². The number of aliphatic carboxylic acids is 2. The summed E-state index contributed by atoms with van der Waals surface area (Å²) in [5.74, 6) is -2.99. The molecule has 0 saturated carbocycles. The zero-order chi connectivity index (χ0) is 13.5. The highest BCUT2D eigenvalue weighted by Gasteiger charge is 2.37. The molecule has 0 fully saturated rings. The van der Waals surface area contributed by atoms with Crippen molar-refractivity contribution in [3.63, 3.8) is 0 Å². The Kier molecular flexibility index (Phi) is 6.40. The Balaban J connectivity index is 5.36. The van der Waals surface area contributed by atoms with E-state index >= 15 is 0 Å². The first-order chi connectivity index (χ1) is 7.93. The number of rotatable bonds is 8. The number of carbonyl (C=O) groups is 2. The molecule has 0 spiro atoms. The van der Waals surface area contributed by atoms with Gasteiger partial charge in [-0.2, -0.15) is 0 Å². The van der Waals surface area contributed by atoms with Gasteiger partial charge in [0.05, 0.1) is 18.8 Å². The number of hydrogen-bond acceptors (Lipinski definition) is 5. The molecular weight excluding hydrogens is 232 g/mol. The maximum absolute atomic E-state index is 10.9. The van der Waals surface area contributed by atoms with Crippen LogP contribution >= 0.6 is 0 Å². The van der Waals surface area contributed by atoms with Crippen LogP contribution in [0.1, 0.15) is 12.8 Å². The average molecular weight is 248 g/mol. The van der Waals surface area contributed by atoms with Crippen LogP contribution in [0.4, 0.5) is 0 Å².